The highest BCUT2D eigenvalue weighted by molar-refractivity contribution is 6.10. The Morgan fingerprint density at radius 1 is 0.483 bits per heavy atom. The van der Waals surface area contributed by atoms with Crippen molar-refractivity contribution in [2.45, 2.75) is 0 Å². The molecule has 29 heavy (non-hydrogen) atoms. The first-order valence-electron chi connectivity index (χ1n) is 9.36. The van der Waals surface area contributed by atoms with E-state index in [4.69, 9.17) is 22.9 Å². The minimum Gasteiger partial charge on any atom is -0.399 e. The summed E-state index contributed by atoms with van der Waals surface area (Å²) >= 11 is 0. The monoisotopic (exact) mass is 379 g/mol. The fraction of sp³-hybridized carbons (Fsp3) is 0. The van der Waals surface area contributed by atoms with Crippen LogP contribution in [0, 0.1) is 0 Å². The molecule has 0 radical (unpaired) electrons. The molecule has 0 amide bonds. The van der Waals surface area contributed by atoms with E-state index in [-0.39, 0.29) is 0 Å². The fourth-order valence-electron chi connectivity index (χ4n) is 4.06. The van der Waals surface area contributed by atoms with Gasteiger partial charge in [-0.15, -0.1) is 0 Å². The van der Waals surface area contributed by atoms with Crippen LogP contribution in [0.15, 0.2) is 78.9 Å². The first-order chi connectivity index (χ1) is 14.0. The van der Waals surface area contributed by atoms with Crippen LogP contribution in [-0.2, 0) is 0 Å². The number of hydrogen-bond donors (Lipinski definition) is 4. The SMILES string of the molecule is Nc1cc(N)cc(-c2ccc3c(c2)c2ccccc2n3-c2cc(N)cc(N)c2)c1. The molecule has 5 nitrogen and oxygen atoms in total. The Hall–Kier alpha value is -4.12. The molecule has 1 heterocycles. The minimum absolute atomic E-state index is 0.637. The quantitative estimate of drug-likeness (QED) is 0.331. The van der Waals surface area contributed by atoms with Crippen molar-refractivity contribution in [3.8, 4) is 16.8 Å². The summed E-state index contributed by atoms with van der Waals surface area (Å²) in [7, 11) is 0. The zero-order valence-corrected chi connectivity index (χ0v) is 15.8. The molecule has 4 aromatic carbocycles. The summed E-state index contributed by atoms with van der Waals surface area (Å²) in [5, 5.41) is 2.29. The number of nitrogen functional groups attached to an aromatic ring is 4. The number of nitrogens with zero attached hydrogens (tertiary/aromatic N) is 1. The second-order valence-electron chi connectivity index (χ2n) is 7.33. The van der Waals surface area contributed by atoms with Gasteiger partial charge in [0, 0.05) is 33.5 Å². The molecule has 0 aliphatic heterocycles. The van der Waals surface area contributed by atoms with E-state index in [1.807, 2.05) is 36.4 Å². The molecule has 5 rings (SSSR count). The number of aromatic nitrogens is 1. The molecule has 0 saturated carbocycles. The summed E-state index contributed by atoms with van der Waals surface area (Å²) in [5.74, 6) is 0. The summed E-state index contributed by atoms with van der Waals surface area (Å²) in [6, 6.07) is 26.0. The van der Waals surface area contributed by atoms with Gasteiger partial charge in [0.25, 0.3) is 0 Å². The molecule has 0 unspecified atom stereocenters. The van der Waals surface area contributed by atoms with Crippen molar-refractivity contribution in [1.29, 1.82) is 0 Å². The van der Waals surface area contributed by atoms with Crippen molar-refractivity contribution in [2.24, 2.45) is 0 Å². The summed E-state index contributed by atoms with van der Waals surface area (Å²) in [4.78, 5) is 0. The normalized spacial score (nSPS) is 11.3. The molecule has 0 aliphatic carbocycles. The lowest BCUT2D eigenvalue weighted by atomic mass is 10.0. The molecule has 142 valence electrons. The van der Waals surface area contributed by atoms with Crippen LogP contribution in [0.3, 0.4) is 0 Å². The van der Waals surface area contributed by atoms with Crippen molar-refractivity contribution >= 4 is 44.6 Å². The molecule has 0 fully saturated rings. The van der Waals surface area contributed by atoms with Crippen molar-refractivity contribution in [2.75, 3.05) is 22.9 Å². The fourth-order valence-corrected chi connectivity index (χ4v) is 4.06. The Morgan fingerprint density at radius 3 is 1.76 bits per heavy atom. The van der Waals surface area contributed by atoms with Gasteiger partial charge in [0.1, 0.15) is 0 Å². The standard InChI is InChI=1S/C24H21N5/c25-16-7-15(8-17(26)10-16)14-5-6-24-22(9-14)21-3-1-2-4-23(21)29(24)20-12-18(27)11-19(28)13-20/h1-13H,25-28H2. The second-order valence-corrected chi connectivity index (χ2v) is 7.33. The first-order valence-corrected chi connectivity index (χ1v) is 9.36. The Bertz CT molecular complexity index is 1360. The van der Waals surface area contributed by atoms with Crippen molar-refractivity contribution in [1.82, 2.24) is 4.57 Å². The maximum Gasteiger partial charge on any atom is 0.0541 e. The summed E-state index contributed by atoms with van der Waals surface area (Å²) in [5.41, 5.74) is 31.9. The maximum atomic E-state index is 6.07. The number of para-hydroxylation sites is 1. The Kier molecular flexibility index (Phi) is 3.64. The third-order valence-corrected chi connectivity index (χ3v) is 5.20. The summed E-state index contributed by atoms with van der Waals surface area (Å²) < 4.78 is 2.19. The van der Waals surface area contributed by atoms with Crippen LogP contribution >= 0.6 is 0 Å². The van der Waals surface area contributed by atoms with Gasteiger partial charge in [-0.3, -0.25) is 0 Å². The maximum absolute atomic E-state index is 6.07. The lowest BCUT2D eigenvalue weighted by Gasteiger charge is -2.10. The van der Waals surface area contributed by atoms with Crippen LogP contribution in [0.4, 0.5) is 22.7 Å². The van der Waals surface area contributed by atoms with Crippen LogP contribution in [0.5, 0.6) is 0 Å². The van der Waals surface area contributed by atoms with E-state index >= 15 is 0 Å². The van der Waals surface area contributed by atoms with Crippen LogP contribution in [0.1, 0.15) is 0 Å². The topological polar surface area (TPSA) is 109 Å². The van der Waals surface area contributed by atoms with E-state index in [0.29, 0.717) is 22.7 Å². The molecule has 0 bridgehead atoms. The largest absolute Gasteiger partial charge is 0.399 e. The number of fused-ring (bicyclic) bond motifs is 3. The van der Waals surface area contributed by atoms with Crippen LogP contribution < -0.4 is 22.9 Å². The zero-order valence-electron chi connectivity index (χ0n) is 15.8. The summed E-state index contributed by atoms with van der Waals surface area (Å²) in [6.45, 7) is 0. The number of hydrogen-bond acceptors (Lipinski definition) is 4. The van der Waals surface area contributed by atoms with Gasteiger partial charge in [-0.2, -0.15) is 0 Å². The van der Waals surface area contributed by atoms with E-state index in [2.05, 4.69) is 34.9 Å². The minimum atomic E-state index is 0.637. The van der Waals surface area contributed by atoms with Gasteiger partial charge in [-0.1, -0.05) is 24.3 Å². The van der Waals surface area contributed by atoms with E-state index < -0.39 is 0 Å². The highest BCUT2D eigenvalue weighted by Crippen LogP contribution is 2.36. The third-order valence-electron chi connectivity index (χ3n) is 5.20. The van der Waals surface area contributed by atoms with Crippen LogP contribution in [-0.4, -0.2) is 4.57 Å². The average molecular weight is 379 g/mol. The van der Waals surface area contributed by atoms with Gasteiger partial charge < -0.3 is 27.5 Å². The van der Waals surface area contributed by atoms with E-state index in [9.17, 15) is 0 Å². The van der Waals surface area contributed by atoms with Crippen LogP contribution in [0.2, 0.25) is 0 Å². The molecule has 8 N–H and O–H groups in total. The van der Waals surface area contributed by atoms with E-state index in [1.54, 1.807) is 12.1 Å². The number of benzene rings is 4. The number of anilines is 4. The van der Waals surface area contributed by atoms with E-state index in [1.165, 1.54) is 0 Å². The van der Waals surface area contributed by atoms with Gasteiger partial charge in [0.2, 0.25) is 0 Å². The van der Waals surface area contributed by atoms with Gasteiger partial charge in [0.05, 0.1) is 16.7 Å². The van der Waals surface area contributed by atoms with E-state index in [0.717, 1.165) is 38.6 Å². The van der Waals surface area contributed by atoms with Gasteiger partial charge in [-0.05, 0) is 65.7 Å². The average Bonchev–Trinajstić information content (AvgIpc) is 3.00. The predicted molar refractivity (Wildman–Crippen MR) is 124 cm³/mol. The van der Waals surface area contributed by atoms with Crippen molar-refractivity contribution < 1.29 is 0 Å². The van der Waals surface area contributed by atoms with Gasteiger partial charge >= 0.3 is 0 Å². The number of nitrogens with two attached hydrogens (primary N) is 4. The van der Waals surface area contributed by atoms with Crippen LogP contribution in [0.25, 0.3) is 38.6 Å². The highest BCUT2D eigenvalue weighted by atomic mass is 15.0. The Balaban J connectivity index is 1.83. The zero-order chi connectivity index (χ0) is 20.1. The molecule has 5 heteroatoms. The van der Waals surface area contributed by atoms with Crippen molar-refractivity contribution in [3.05, 3.63) is 78.9 Å². The lowest BCUT2D eigenvalue weighted by Crippen LogP contribution is -1.98. The molecule has 0 aliphatic rings. The smallest absolute Gasteiger partial charge is 0.0541 e. The molecule has 1 aromatic heterocycles. The first kappa shape index (κ1) is 17.0. The molecule has 0 atom stereocenters. The molecule has 0 saturated heterocycles. The Labute approximate surface area is 168 Å². The van der Waals surface area contributed by atoms with Gasteiger partial charge in [0.15, 0.2) is 0 Å². The molecular formula is C24H21N5. The number of rotatable bonds is 2. The second kappa shape index (κ2) is 6.21. The Morgan fingerprint density at radius 2 is 1.07 bits per heavy atom. The predicted octanol–water partition coefficient (Wildman–Crippen LogP) is 4.78. The highest BCUT2D eigenvalue weighted by Gasteiger charge is 2.14. The van der Waals surface area contributed by atoms with Crippen molar-refractivity contribution in [3.63, 3.8) is 0 Å². The summed E-state index contributed by atoms with van der Waals surface area (Å²) in [6.07, 6.45) is 0. The van der Waals surface area contributed by atoms with Gasteiger partial charge in [-0.25, -0.2) is 0 Å². The molecule has 0 spiro atoms. The lowest BCUT2D eigenvalue weighted by molar-refractivity contribution is 1.18. The third kappa shape index (κ3) is 2.80. The molecular weight excluding hydrogens is 358 g/mol. The molecule has 5 aromatic rings.